The summed E-state index contributed by atoms with van der Waals surface area (Å²) in [5.41, 5.74) is 14.2. The molecule has 1 saturated carbocycles. The molecule has 1 aromatic heterocycles. The first-order valence-electron chi connectivity index (χ1n) is 23.5. The topological polar surface area (TPSA) is 339 Å². The number of benzene rings is 2. The third-order valence-electron chi connectivity index (χ3n) is 13.0. The molecule has 7 atom stereocenters. The van der Waals surface area contributed by atoms with Gasteiger partial charge in [-0.25, -0.2) is 0 Å². The number of amides is 6. The molecule has 21 heteroatoms. The average molecular weight is 943 g/mol. The Hall–Kier alpha value is -6.58. The predicted octanol–water partition coefficient (Wildman–Crippen LogP) is -1.02. The summed E-state index contributed by atoms with van der Waals surface area (Å²) < 4.78 is 0. The van der Waals surface area contributed by atoms with Crippen LogP contribution in [-0.4, -0.2) is 142 Å². The maximum absolute atomic E-state index is 14.7. The van der Waals surface area contributed by atoms with Gasteiger partial charge in [0.25, 0.3) is 0 Å². The summed E-state index contributed by atoms with van der Waals surface area (Å²) in [5.74, 6) is -5.35. The van der Waals surface area contributed by atoms with Gasteiger partial charge in [-0.3, -0.25) is 44.3 Å². The first-order valence-corrected chi connectivity index (χ1v) is 23.5. The molecule has 21 nitrogen and oxygen atoms in total. The minimum Gasteiger partial charge on any atom is -0.480 e. The number of aromatic amines is 1. The van der Waals surface area contributed by atoms with Crippen LogP contribution in [0.15, 0.2) is 60.8 Å². The number of fused-ring (bicyclic) bond motifs is 2. The molecule has 3 aliphatic rings. The number of aromatic nitrogens is 1. The number of para-hydroxylation sites is 1. The van der Waals surface area contributed by atoms with Crippen molar-refractivity contribution < 1.29 is 43.8 Å². The van der Waals surface area contributed by atoms with Crippen molar-refractivity contribution in [2.45, 2.75) is 125 Å². The van der Waals surface area contributed by atoms with E-state index < -0.39 is 96.4 Å². The fourth-order valence-electron chi connectivity index (χ4n) is 9.33. The first-order chi connectivity index (χ1) is 32.6. The van der Waals surface area contributed by atoms with E-state index in [-0.39, 0.29) is 76.5 Å². The van der Waals surface area contributed by atoms with Gasteiger partial charge in [-0.2, -0.15) is 0 Å². The monoisotopic (exact) mass is 943 g/mol. The van der Waals surface area contributed by atoms with Crippen molar-refractivity contribution >= 4 is 58.3 Å². The number of carbonyl (C=O) groups excluding carboxylic acids is 6. The SMILES string of the molecule is N=C(N)NCCC[C@@H]1NC(=O)[C@H](Cc2c[nH]c3ccccc23)NC(=O)[C@@H](C[C@H]2CC[C@@H](O)CC2)NC(=O)[C@@H]2C[C@H](N)CN2C(=O)[C@@H](NC(=O)[C@H](Cc2ccccc2)NCC(=O)O)CCCNC1=O. The fourth-order valence-corrected chi connectivity index (χ4v) is 9.33. The van der Waals surface area contributed by atoms with Crippen LogP contribution >= 0.6 is 0 Å². The molecular weight excluding hydrogens is 877 g/mol. The Bertz CT molecular complexity index is 2250. The quantitative estimate of drug-likeness (QED) is 0.0494. The molecule has 1 aliphatic carbocycles. The Morgan fingerprint density at radius 2 is 1.56 bits per heavy atom. The Morgan fingerprint density at radius 1 is 0.868 bits per heavy atom. The number of nitrogens with one attached hydrogen (secondary N) is 9. The third kappa shape index (κ3) is 14.5. The van der Waals surface area contributed by atoms with E-state index in [9.17, 15) is 43.8 Å². The molecule has 368 valence electrons. The summed E-state index contributed by atoms with van der Waals surface area (Å²) in [6, 6.07) is 8.76. The Kier molecular flexibility index (Phi) is 18.3. The lowest BCUT2D eigenvalue weighted by Crippen LogP contribution is -2.60. The molecule has 3 fully saturated rings. The van der Waals surface area contributed by atoms with Gasteiger partial charge in [-0.1, -0.05) is 48.5 Å². The molecule has 6 amide bonds. The Morgan fingerprint density at radius 3 is 2.29 bits per heavy atom. The smallest absolute Gasteiger partial charge is 0.317 e. The van der Waals surface area contributed by atoms with Gasteiger partial charge in [-0.15, -0.1) is 0 Å². The van der Waals surface area contributed by atoms with Gasteiger partial charge in [0.05, 0.1) is 18.7 Å². The van der Waals surface area contributed by atoms with Gasteiger partial charge < -0.3 is 63.5 Å². The average Bonchev–Trinajstić information content (AvgIpc) is 3.92. The number of nitrogens with zero attached hydrogens (tertiary/aromatic N) is 1. The number of carbonyl (C=O) groups is 7. The largest absolute Gasteiger partial charge is 0.480 e. The number of guanidine groups is 1. The molecule has 68 heavy (non-hydrogen) atoms. The van der Waals surface area contributed by atoms with Gasteiger partial charge >= 0.3 is 5.97 Å². The van der Waals surface area contributed by atoms with Gasteiger partial charge in [0.15, 0.2) is 5.96 Å². The van der Waals surface area contributed by atoms with E-state index in [1.54, 1.807) is 36.5 Å². The van der Waals surface area contributed by atoms with Crippen LogP contribution in [0.2, 0.25) is 0 Å². The number of nitrogens with two attached hydrogens (primary N) is 2. The minimum atomic E-state index is -1.25. The number of hydrogen-bond donors (Lipinski definition) is 13. The molecule has 3 heterocycles. The molecule has 2 aromatic carbocycles. The number of carboxylic acids is 1. The lowest BCUT2D eigenvalue weighted by atomic mass is 9.83. The molecule has 3 aromatic rings. The zero-order valence-electron chi connectivity index (χ0n) is 38.1. The molecule has 2 saturated heterocycles. The standard InChI is InChI=1S/C47H66N12O9/c48-30-23-39-45(67)58-37(21-28-14-16-31(60)17-15-28)43(65)57-38(22-29-24-53-33-11-5-4-10-32(29)33)44(66)55-34(12-6-19-52-47(49)50)41(63)51-18-7-13-35(46(68)59(39)26-30)56-42(64)36(54-25-40(61)62)20-27-8-2-1-3-9-27/h1-5,8-11,24,28,30-31,34-39,53-54,60H,6-7,12-23,25-26,48H2,(H,51,63)(H,55,66)(H,56,64)(H,57,65)(H,58,67)(H,61,62)(H4,49,50,52)/t28-,30-,31+,34-,35-,36-,37+,38-,39-/m0/s1. The highest BCUT2D eigenvalue weighted by Crippen LogP contribution is 2.29. The van der Waals surface area contributed by atoms with E-state index in [2.05, 4.69) is 42.2 Å². The summed E-state index contributed by atoms with van der Waals surface area (Å²) in [6.07, 6.45) is 4.32. The van der Waals surface area contributed by atoms with Crippen LogP contribution in [-0.2, 0) is 46.4 Å². The molecular formula is C47H66N12O9. The molecule has 0 radical (unpaired) electrons. The van der Waals surface area contributed by atoms with Crippen molar-refractivity contribution in [1.82, 2.24) is 47.1 Å². The number of hydrogen-bond acceptors (Lipinski definition) is 11. The van der Waals surface area contributed by atoms with Gasteiger partial charge in [-0.05, 0) is 93.7 Å². The van der Waals surface area contributed by atoms with Crippen molar-refractivity contribution in [3.05, 3.63) is 71.9 Å². The van der Waals surface area contributed by atoms with Crippen LogP contribution in [0.1, 0.15) is 75.3 Å². The lowest BCUT2D eigenvalue weighted by molar-refractivity contribution is -0.143. The molecule has 6 rings (SSSR count). The third-order valence-corrected chi connectivity index (χ3v) is 13.0. The summed E-state index contributed by atoms with van der Waals surface area (Å²) >= 11 is 0. The van der Waals surface area contributed by atoms with Crippen LogP contribution in [0.3, 0.4) is 0 Å². The number of carboxylic acid groups (broad SMARTS) is 1. The zero-order valence-corrected chi connectivity index (χ0v) is 38.1. The molecule has 0 bridgehead atoms. The van der Waals surface area contributed by atoms with E-state index in [0.29, 0.717) is 32.1 Å². The van der Waals surface area contributed by atoms with Crippen LogP contribution in [0.5, 0.6) is 0 Å². The number of H-pyrrole nitrogens is 1. The van der Waals surface area contributed by atoms with E-state index >= 15 is 0 Å². The summed E-state index contributed by atoms with van der Waals surface area (Å²) in [4.78, 5) is 103. The van der Waals surface area contributed by atoms with Crippen LogP contribution in [0, 0.1) is 11.3 Å². The van der Waals surface area contributed by atoms with Gasteiger partial charge in [0, 0.05) is 49.2 Å². The minimum absolute atomic E-state index is 0.0000649. The van der Waals surface area contributed by atoms with Crippen molar-refractivity contribution in [1.29, 1.82) is 5.41 Å². The first kappa shape index (κ1) is 50.8. The van der Waals surface area contributed by atoms with E-state index in [1.165, 1.54) is 4.90 Å². The second-order valence-electron chi connectivity index (χ2n) is 18.2. The van der Waals surface area contributed by atoms with Crippen molar-refractivity contribution in [3.63, 3.8) is 0 Å². The van der Waals surface area contributed by atoms with E-state index in [1.807, 2.05) is 24.3 Å². The van der Waals surface area contributed by atoms with Gasteiger partial charge in [0.1, 0.15) is 30.2 Å². The highest BCUT2D eigenvalue weighted by Gasteiger charge is 2.43. The number of aliphatic hydroxyl groups is 1. The molecule has 0 spiro atoms. The number of aliphatic hydroxyl groups excluding tert-OH is 1. The lowest BCUT2D eigenvalue weighted by Gasteiger charge is -2.33. The molecule has 0 unspecified atom stereocenters. The van der Waals surface area contributed by atoms with Crippen molar-refractivity contribution in [2.75, 3.05) is 26.2 Å². The Labute approximate surface area is 394 Å². The van der Waals surface area contributed by atoms with Gasteiger partial charge in [0.2, 0.25) is 35.4 Å². The Balaban J connectivity index is 1.33. The molecule has 15 N–H and O–H groups in total. The highest BCUT2D eigenvalue weighted by atomic mass is 16.4. The summed E-state index contributed by atoms with van der Waals surface area (Å²) in [7, 11) is 0. The summed E-state index contributed by atoms with van der Waals surface area (Å²) in [6.45, 7) is -0.363. The van der Waals surface area contributed by atoms with E-state index in [0.717, 1.165) is 22.0 Å². The second-order valence-corrected chi connectivity index (χ2v) is 18.2. The van der Waals surface area contributed by atoms with Crippen molar-refractivity contribution in [3.8, 4) is 0 Å². The normalized spacial score (nSPS) is 26.0. The number of rotatable bonds is 15. The number of aliphatic carboxylic acids is 1. The molecule has 2 aliphatic heterocycles. The van der Waals surface area contributed by atoms with E-state index in [4.69, 9.17) is 16.9 Å². The van der Waals surface area contributed by atoms with Crippen molar-refractivity contribution in [2.24, 2.45) is 17.4 Å². The maximum atomic E-state index is 14.7. The summed E-state index contributed by atoms with van der Waals surface area (Å²) in [5, 5.41) is 47.9. The maximum Gasteiger partial charge on any atom is 0.317 e. The fraction of sp³-hybridized carbons (Fsp3) is 0.532. The predicted molar refractivity (Wildman–Crippen MR) is 251 cm³/mol. The van der Waals surface area contributed by atoms with Crippen LogP contribution in [0.4, 0.5) is 0 Å². The van der Waals surface area contributed by atoms with Crippen LogP contribution < -0.4 is 48.7 Å². The highest BCUT2D eigenvalue weighted by molar-refractivity contribution is 5.97. The second kappa shape index (κ2) is 24.4. The van der Waals surface area contributed by atoms with Crippen LogP contribution in [0.25, 0.3) is 10.9 Å². The zero-order chi connectivity index (χ0) is 48.7.